The summed E-state index contributed by atoms with van der Waals surface area (Å²) in [6.45, 7) is 12.2. The van der Waals surface area contributed by atoms with Crippen molar-refractivity contribution in [2.45, 2.75) is 55.4 Å². The second kappa shape index (κ2) is 29.2. The van der Waals surface area contributed by atoms with Crippen molar-refractivity contribution in [2.75, 3.05) is 0 Å². The molecule has 0 spiro atoms. The Morgan fingerprint density at radius 2 is 1.13 bits per heavy atom. The molecule has 0 unspecified atom stereocenters. The first-order valence-corrected chi connectivity index (χ1v) is 5.55. The van der Waals surface area contributed by atoms with Crippen LogP contribution in [0.15, 0.2) is 30.3 Å². The van der Waals surface area contributed by atoms with Gasteiger partial charge < -0.3 is 5.11 Å². The minimum absolute atomic E-state index is 0. The zero-order valence-corrected chi connectivity index (χ0v) is 10.5. The summed E-state index contributed by atoms with van der Waals surface area (Å²) in [5.74, 6) is 0.322. The number of phenols is 1. The number of para-hydroxylation sites is 1. The van der Waals surface area contributed by atoms with Crippen LogP contribution in [0.25, 0.3) is 0 Å². The second-order valence-electron chi connectivity index (χ2n) is 2.04. The van der Waals surface area contributed by atoms with Crippen LogP contribution in [-0.2, 0) is 0 Å². The van der Waals surface area contributed by atoms with E-state index in [0.29, 0.717) is 5.75 Å². The van der Waals surface area contributed by atoms with Gasteiger partial charge in [-0.3, -0.25) is 0 Å². The Labute approximate surface area is 97.2 Å². The van der Waals surface area contributed by atoms with E-state index in [1.807, 2.05) is 33.8 Å². The molecule has 1 nitrogen and oxygen atoms in total. The smallest absolute Gasteiger partial charge is 0.115 e. The minimum Gasteiger partial charge on any atom is -0.508 e. The van der Waals surface area contributed by atoms with E-state index in [-0.39, 0.29) is 7.43 Å². The Kier molecular flexibility index (Phi) is 46.2. The molecule has 1 rings (SSSR count). The average molecular weight is 214 g/mol. The fourth-order valence-corrected chi connectivity index (χ4v) is 0.428. The summed E-state index contributed by atoms with van der Waals surface area (Å²) in [5.41, 5.74) is 0. The predicted octanol–water partition coefficient (Wildman–Crippen LogP) is 5.50. The van der Waals surface area contributed by atoms with Crippen LogP contribution >= 0.6 is 0 Å². The molecule has 1 N–H and O–H groups in total. The van der Waals surface area contributed by atoms with Crippen molar-refractivity contribution >= 4 is 0 Å². The van der Waals surface area contributed by atoms with E-state index in [0.717, 1.165) is 0 Å². The highest BCUT2D eigenvalue weighted by Gasteiger charge is 1.74. The van der Waals surface area contributed by atoms with E-state index >= 15 is 0 Å². The summed E-state index contributed by atoms with van der Waals surface area (Å²) in [6, 6.07) is 8.71. The molecule has 1 aromatic carbocycles. The Morgan fingerprint density at radius 3 is 1.27 bits per heavy atom. The lowest BCUT2D eigenvalue weighted by Crippen LogP contribution is -1.56. The minimum atomic E-state index is 0. The van der Waals surface area contributed by atoms with Crippen molar-refractivity contribution in [1.82, 2.24) is 0 Å². The zero-order valence-electron chi connectivity index (χ0n) is 10.5. The van der Waals surface area contributed by atoms with Gasteiger partial charge in [-0.1, -0.05) is 73.6 Å². The maximum absolute atomic E-state index is 8.63. The molecule has 0 atom stereocenters. The van der Waals surface area contributed by atoms with Gasteiger partial charge in [-0.2, -0.15) is 0 Å². The standard InChI is InChI=1S/C6H6O.C3H8.2C2H6.CH4/c7-6-4-2-1-3-5-6;1-3-2;2*1-2;/h1-5,7H;3H2,1-2H3;2*1-2H3;1H4. The normalized spacial score (nSPS) is 6.00. The monoisotopic (exact) mass is 214 g/mol. The first-order valence-electron chi connectivity index (χ1n) is 5.55. The maximum Gasteiger partial charge on any atom is 0.115 e. The first-order chi connectivity index (χ1) is 6.81. The number of hydrogen-bond donors (Lipinski definition) is 1. The average Bonchev–Trinajstić information content (AvgIpc) is 2.26. The predicted molar refractivity (Wildman–Crippen MR) is 73.5 cm³/mol. The van der Waals surface area contributed by atoms with E-state index in [9.17, 15) is 0 Å². The van der Waals surface area contributed by atoms with Crippen LogP contribution < -0.4 is 0 Å². The van der Waals surface area contributed by atoms with Crippen molar-refractivity contribution in [3.8, 4) is 5.75 Å². The van der Waals surface area contributed by atoms with Crippen LogP contribution in [0.2, 0.25) is 0 Å². The zero-order chi connectivity index (χ0) is 11.8. The molecule has 1 aromatic rings. The van der Waals surface area contributed by atoms with Gasteiger partial charge in [-0.15, -0.1) is 0 Å². The lowest BCUT2D eigenvalue weighted by molar-refractivity contribution is 0.475. The van der Waals surface area contributed by atoms with Crippen molar-refractivity contribution in [1.29, 1.82) is 0 Å². The van der Waals surface area contributed by atoms with E-state index in [1.165, 1.54) is 6.42 Å². The van der Waals surface area contributed by atoms with E-state index in [4.69, 9.17) is 5.11 Å². The number of aromatic hydroxyl groups is 1. The van der Waals surface area contributed by atoms with Gasteiger partial charge in [0.2, 0.25) is 0 Å². The van der Waals surface area contributed by atoms with Gasteiger partial charge in [-0.25, -0.2) is 0 Å². The fraction of sp³-hybridized carbons (Fsp3) is 0.571. The third-order valence-corrected chi connectivity index (χ3v) is 0.756. The van der Waals surface area contributed by atoms with Crippen molar-refractivity contribution in [3.05, 3.63) is 30.3 Å². The molecule has 0 aliphatic heterocycles. The molecule has 0 bridgehead atoms. The van der Waals surface area contributed by atoms with E-state index < -0.39 is 0 Å². The Hall–Kier alpha value is -0.980. The summed E-state index contributed by atoms with van der Waals surface area (Å²) in [6.07, 6.45) is 1.25. The quantitative estimate of drug-likeness (QED) is 0.605. The molecule has 0 fully saturated rings. The van der Waals surface area contributed by atoms with Crippen LogP contribution in [0.3, 0.4) is 0 Å². The number of phenolic OH excluding ortho intramolecular Hbond substituents is 1. The van der Waals surface area contributed by atoms with Crippen molar-refractivity contribution in [2.24, 2.45) is 0 Å². The Morgan fingerprint density at radius 1 is 0.867 bits per heavy atom. The SMILES string of the molecule is C.CC.CC.CCC.Oc1ccccc1. The van der Waals surface area contributed by atoms with Crippen LogP contribution in [0.4, 0.5) is 0 Å². The topological polar surface area (TPSA) is 20.2 Å². The van der Waals surface area contributed by atoms with Crippen LogP contribution in [0.1, 0.15) is 55.4 Å². The molecular weight excluding hydrogens is 184 g/mol. The highest BCUT2D eigenvalue weighted by Crippen LogP contribution is 2.02. The fourth-order valence-electron chi connectivity index (χ4n) is 0.428. The maximum atomic E-state index is 8.63. The first kappa shape index (κ1) is 23.7. The van der Waals surface area contributed by atoms with Gasteiger partial charge in [0.25, 0.3) is 0 Å². The van der Waals surface area contributed by atoms with E-state index in [2.05, 4.69) is 13.8 Å². The number of hydrogen-bond acceptors (Lipinski definition) is 1. The molecule has 0 aromatic heterocycles. The van der Waals surface area contributed by atoms with Gasteiger partial charge in [-0.05, 0) is 12.1 Å². The molecule has 0 radical (unpaired) electrons. The second-order valence-corrected chi connectivity index (χ2v) is 2.04. The van der Waals surface area contributed by atoms with Crippen LogP contribution in [0.5, 0.6) is 5.75 Å². The number of benzene rings is 1. The molecule has 0 saturated carbocycles. The van der Waals surface area contributed by atoms with Crippen LogP contribution in [-0.4, -0.2) is 5.11 Å². The molecule has 0 saturated heterocycles. The Bertz CT molecular complexity index is 147. The lowest BCUT2D eigenvalue weighted by Gasteiger charge is -1.82. The molecule has 0 aliphatic carbocycles. The molecule has 1 heteroatoms. The third-order valence-electron chi connectivity index (χ3n) is 0.756. The largest absolute Gasteiger partial charge is 0.508 e. The molecule has 0 heterocycles. The summed E-state index contributed by atoms with van der Waals surface area (Å²) in [5, 5.41) is 8.63. The number of rotatable bonds is 0. The summed E-state index contributed by atoms with van der Waals surface area (Å²) in [4.78, 5) is 0. The van der Waals surface area contributed by atoms with Gasteiger partial charge in [0, 0.05) is 0 Å². The van der Waals surface area contributed by atoms with Gasteiger partial charge in [0.05, 0.1) is 0 Å². The van der Waals surface area contributed by atoms with Crippen molar-refractivity contribution < 1.29 is 5.11 Å². The van der Waals surface area contributed by atoms with Gasteiger partial charge in [0.15, 0.2) is 0 Å². The molecule has 92 valence electrons. The van der Waals surface area contributed by atoms with E-state index in [1.54, 1.807) is 24.3 Å². The summed E-state index contributed by atoms with van der Waals surface area (Å²) in [7, 11) is 0. The molecule has 0 amide bonds. The Balaban J connectivity index is -0.0000000658. The van der Waals surface area contributed by atoms with Gasteiger partial charge >= 0.3 is 0 Å². The van der Waals surface area contributed by atoms with Gasteiger partial charge in [0.1, 0.15) is 5.75 Å². The molecule has 0 aliphatic rings. The summed E-state index contributed by atoms with van der Waals surface area (Å²) >= 11 is 0. The molecular formula is C14H30O. The van der Waals surface area contributed by atoms with Crippen molar-refractivity contribution in [3.63, 3.8) is 0 Å². The third kappa shape index (κ3) is 32.1. The summed E-state index contributed by atoms with van der Waals surface area (Å²) < 4.78 is 0. The highest BCUT2D eigenvalue weighted by atomic mass is 16.3. The highest BCUT2D eigenvalue weighted by molar-refractivity contribution is 5.18. The lowest BCUT2D eigenvalue weighted by atomic mass is 10.3. The van der Waals surface area contributed by atoms with Crippen LogP contribution in [0, 0.1) is 0 Å². The molecule has 15 heavy (non-hydrogen) atoms.